The highest BCUT2D eigenvalue weighted by Crippen LogP contribution is 2.36. The molecule has 102 valence electrons. The molecule has 0 spiro atoms. The van der Waals surface area contributed by atoms with Gasteiger partial charge in [0, 0.05) is 0 Å². The Kier molecular flexibility index (Phi) is 6.03. The number of hydrogen-bond acceptors (Lipinski definition) is 0. The Labute approximate surface area is 110 Å². The monoisotopic (exact) mass is 238 g/mol. The van der Waals surface area contributed by atoms with Crippen LogP contribution in [0.2, 0.25) is 0 Å². The van der Waals surface area contributed by atoms with E-state index in [4.69, 9.17) is 0 Å². The second kappa shape index (κ2) is 6.81. The van der Waals surface area contributed by atoms with E-state index in [2.05, 4.69) is 34.6 Å². The average Bonchev–Trinajstić information content (AvgIpc) is 2.24. The molecule has 0 heteroatoms. The van der Waals surface area contributed by atoms with Gasteiger partial charge in [0.25, 0.3) is 0 Å². The molecule has 1 aliphatic rings. The minimum atomic E-state index is 0.536. The first-order valence-corrected chi connectivity index (χ1v) is 7.87. The summed E-state index contributed by atoms with van der Waals surface area (Å²) in [5.41, 5.74) is 0.536. The van der Waals surface area contributed by atoms with E-state index in [-0.39, 0.29) is 0 Å². The van der Waals surface area contributed by atoms with Crippen LogP contribution in [0.4, 0.5) is 0 Å². The van der Waals surface area contributed by atoms with E-state index >= 15 is 0 Å². The van der Waals surface area contributed by atoms with Gasteiger partial charge in [-0.25, -0.2) is 0 Å². The van der Waals surface area contributed by atoms with Gasteiger partial charge in [-0.3, -0.25) is 0 Å². The third-order valence-corrected chi connectivity index (χ3v) is 4.42. The lowest BCUT2D eigenvalue weighted by atomic mass is 9.75. The topological polar surface area (TPSA) is 0 Å². The molecule has 1 aliphatic carbocycles. The van der Waals surface area contributed by atoms with Crippen LogP contribution in [0, 0.1) is 23.2 Å². The first-order chi connectivity index (χ1) is 7.87. The Morgan fingerprint density at radius 2 is 1.35 bits per heavy atom. The molecule has 0 atom stereocenters. The van der Waals surface area contributed by atoms with Crippen molar-refractivity contribution in [2.24, 2.45) is 23.2 Å². The summed E-state index contributed by atoms with van der Waals surface area (Å²) in [6, 6.07) is 0. The van der Waals surface area contributed by atoms with E-state index in [1.54, 1.807) is 0 Å². The Morgan fingerprint density at radius 3 is 1.76 bits per heavy atom. The van der Waals surface area contributed by atoms with Crippen LogP contribution in [0.5, 0.6) is 0 Å². The van der Waals surface area contributed by atoms with Crippen molar-refractivity contribution in [2.45, 2.75) is 86.0 Å². The molecular formula is C17H34. The average molecular weight is 238 g/mol. The number of hydrogen-bond donors (Lipinski definition) is 0. The maximum atomic E-state index is 2.38. The van der Waals surface area contributed by atoms with Crippen molar-refractivity contribution in [3.63, 3.8) is 0 Å². The Morgan fingerprint density at radius 1 is 0.882 bits per heavy atom. The minimum absolute atomic E-state index is 0.536. The highest BCUT2D eigenvalue weighted by molar-refractivity contribution is 4.75. The lowest BCUT2D eigenvalue weighted by Crippen LogP contribution is -2.17. The van der Waals surface area contributed by atoms with Gasteiger partial charge in [0.15, 0.2) is 0 Å². The van der Waals surface area contributed by atoms with Crippen molar-refractivity contribution in [3.05, 3.63) is 0 Å². The normalized spacial score (nSPS) is 26.5. The molecule has 1 fully saturated rings. The fourth-order valence-corrected chi connectivity index (χ4v) is 3.02. The highest BCUT2D eigenvalue weighted by Gasteiger charge is 2.22. The third-order valence-electron chi connectivity index (χ3n) is 4.42. The zero-order valence-electron chi connectivity index (χ0n) is 12.9. The van der Waals surface area contributed by atoms with E-state index in [1.165, 1.54) is 51.4 Å². The SMILES string of the molecule is CC(C)CCC1CCC(CCC(C)(C)C)CC1. The summed E-state index contributed by atoms with van der Waals surface area (Å²) in [5.74, 6) is 3.00. The van der Waals surface area contributed by atoms with Gasteiger partial charge in [0.05, 0.1) is 0 Å². The predicted octanol–water partition coefficient (Wildman–Crippen LogP) is 6.06. The van der Waals surface area contributed by atoms with Crippen molar-refractivity contribution in [1.29, 1.82) is 0 Å². The lowest BCUT2D eigenvalue weighted by Gasteiger charge is -2.30. The van der Waals surface area contributed by atoms with Gasteiger partial charge in [-0.15, -0.1) is 0 Å². The second-order valence-electron chi connectivity index (χ2n) is 7.96. The minimum Gasteiger partial charge on any atom is -0.0628 e. The van der Waals surface area contributed by atoms with Crippen LogP contribution in [0.25, 0.3) is 0 Å². The van der Waals surface area contributed by atoms with Crippen LogP contribution in [0.3, 0.4) is 0 Å². The Balaban J connectivity index is 2.13. The molecule has 0 N–H and O–H groups in total. The van der Waals surface area contributed by atoms with Gasteiger partial charge < -0.3 is 0 Å². The summed E-state index contributed by atoms with van der Waals surface area (Å²) >= 11 is 0. The Hall–Kier alpha value is 0. The molecule has 0 amide bonds. The van der Waals surface area contributed by atoms with Crippen LogP contribution >= 0.6 is 0 Å². The van der Waals surface area contributed by atoms with Crippen molar-refractivity contribution in [2.75, 3.05) is 0 Å². The molecule has 1 rings (SSSR count). The van der Waals surface area contributed by atoms with E-state index < -0.39 is 0 Å². The zero-order chi connectivity index (χ0) is 12.9. The molecule has 0 aliphatic heterocycles. The molecule has 0 heterocycles. The molecule has 0 saturated heterocycles. The highest BCUT2D eigenvalue weighted by atomic mass is 14.3. The van der Waals surface area contributed by atoms with E-state index in [1.807, 2.05) is 0 Å². The molecule has 1 saturated carbocycles. The van der Waals surface area contributed by atoms with Crippen LogP contribution < -0.4 is 0 Å². The van der Waals surface area contributed by atoms with Gasteiger partial charge in [-0.2, -0.15) is 0 Å². The van der Waals surface area contributed by atoms with Crippen LogP contribution in [-0.4, -0.2) is 0 Å². The third kappa shape index (κ3) is 7.11. The smallest absolute Gasteiger partial charge is 0.0383 e. The van der Waals surface area contributed by atoms with Crippen LogP contribution in [0.1, 0.15) is 86.0 Å². The van der Waals surface area contributed by atoms with Crippen LogP contribution in [0.15, 0.2) is 0 Å². The first-order valence-electron chi connectivity index (χ1n) is 7.87. The van der Waals surface area contributed by atoms with Gasteiger partial charge >= 0.3 is 0 Å². The van der Waals surface area contributed by atoms with Crippen molar-refractivity contribution in [3.8, 4) is 0 Å². The zero-order valence-corrected chi connectivity index (χ0v) is 12.9. The first kappa shape index (κ1) is 15.1. The molecule has 0 bridgehead atoms. The molecule has 0 radical (unpaired) electrons. The molecule has 0 aromatic carbocycles. The lowest BCUT2D eigenvalue weighted by molar-refractivity contribution is 0.220. The summed E-state index contributed by atoms with van der Waals surface area (Å²) in [6.45, 7) is 11.8. The molecule has 0 aromatic rings. The van der Waals surface area contributed by atoms with E-state index in [9.17, 15) is 0 Å². The van der Waals surface area contributed by atoms with Gasteiger partial charge in [0.2, 0.25) is 0 Å². The quantitative estimate of drug-likeness (QED) is 0.546. The molecule has 17 heavy (non-hydrogen) atoms. The largest absolute Gasteiger partial charge is 0.0628 e. The standard InChI is InChI=1S/C17H34/c1-14(2)6-7-15-8-10-16(11-9-15)12-13-17(3,4)5/h14-16H,6-13H2,1-5H3. The fourth-order valence-electron chi connectivity index (χ4n) is 3.02. The van der Waals surface area contributed by atoms with Crippen molar-refractivity contribution in [1.82, 2.24) is 0 Å². The maximum Gasteiger partial charge on any atom is -0.0383 e. The predicted molar refractivity (Wildman–Crippen MR) is 78.2 cm³/mol. The van der Waals surface area contributed by atoms with Crippen LogP contribution in [-0.2, 0) is 0 Å². The summed E-state index contributed by atoms with van der Waals surface area (Å²) in [5, 5.41) is 0. The van der Waals surface area contributed by atoms with Crippen molar-refractivity contribution < 1.29 is 0 Å². The maximum absolute atomic E-state index is 2.38. The molecule has 0 nitrogen and oxygen atoms in total. The van der Waals surface area contributed by atoms with E-state index in [0.29, 0.717) is 5.41 Å². The second-order valence-corrected chi connectivity index (χ2v) is 7.96. The van der Waals surface area contributed by atoms with Gasteiger partial charge in [-0.1, -0.05) is 73.1 Å². The molecular weight excluding hydrogens is 204 g/mol. The summed E-state index contributed by atoms with van der Waals surface area (Å²) in [4.78, 5) is 0. The fraction of sp³-hybridized carbons (Fsp3) is 1.00. The van der Waals surface area contributed by atoms with E-state index in [0.717, 1.165) is 17.8 Å². The summed E-state index contributed by atoms with van der Waals surface area (Å²) < 4.78 is 0. The Bertz CT molecular complexity index is 189. The van der Waals surface area contributed by atoms with Gasteiger partial charge in [-0.05, 0) is 36.0 Å². The molecule has 0 unspecified atom stereocenters. The summed E-state index contributed by atoms with van der Waals surface area (Å²) in [6.07, 6.45) is 11.9. The number of rotatable bonds is 5. The van der Waals surface area contributed by atoms with Gasteiger partial charge in [0.1, 0.15) is 0 Å². The van der Waals surface area contributed by atoms with Crippen molar-refractivity contribution >= 4 is 0 Å². The summed E-state index contributed by atoms with van der Waals surface area (Å²) in [7, 11) is 0. The molecule has 0 aromatic heterocycles.